The lowest BCUT2D eigenvalue weighted by Gasteiger charge is -2.34. The molecule has 1 aliphatic carbocycles. The number of nitrogens with one attached hydrogen (secondary N) is 1. The number of sulfonamides is 1. The van der Waals surface area contributed by atoms with Gasteiger partial charge in [0.1, 0.15) is 0 Å². The fourth-order valence-corrected chi connectivity index (χ4v) is 3.63. The van der Waals surface area contributed by atoms with Crippen LogP contribution in [0.4, 0.5) is 0 Å². The summed E-state index contributed by atoms with van der Waals surface area (Å²) in [5.74, 6) is 0.748. The van der Waals surface area contributed by atoms with E-state index in [2.05, 4.69) is 18.6 Å². The maximum absolute atomic E-state index is 11.6. The standard InChI is InChI=1S/C11H23NO3S/c1-9(2)10-5-3-4-6-11(10)12-16(14,15)8-7-13/h9-13H,3-8H2,1-2H3. The van der Waals surface area contributed by atoms with Crippen LogP contribution in [-0.2, 0) is 10.0 Å². The Labute approximate surface area is 98.5 Å². The first-order valence-electron chi connectivity index (χ1n) is 6.07. The van der Waals surface area contributed by atoms with Gasteiger partial charge in [-0.1, -0.05) is 26.7 Å². The summed E-state index contributed by atoms with van der Waals surface area (Å²) in [7, 11) is -3.30. The molecule has 1 saturated carbocycles. The van der Waals surface area contributed by atoms with Crippen molar-refractivity contribution in [3.8, 4) is 0 Å². The zero-order valence-electron chi connectivity index (χ0n) is 10.1. The van der Waals surface area contributed by atoms with Crippen LogP contribution >= 0.6 is 0 Å². The normalized spacial score (nSPS) is 27.2. The SMILES string of the molecule is CC(C)C1CCCCC1NS(=O)(=O)CCO. The van der Waals surface area contributed by atoms with Crippen LogP contribution in [-0.4, -0.2) is 31.9 Å². The van der Waals surface area contributed by atoms with Crippen LogP contribution in [0.2, 0.25) is 0 Å². The third-order valence-corrected chi connectivity index (χ3v) is 4.75. The first-order valence-corrected chi connectivity index (χ1v) is 7.72. The average molecular weight is 249 g/mol. The van der Waals surface area contributed by atoms with Gasteiger partial charge in [0.2, 0.25) is 10.0 Å². The summed E-state index contributed by atoms with van der Waals surface area (Å²) in [4.78, 5) is 0. The first kappa shape index (κ1) is 13.9. The van der Waals surface area contributed by atoms with Gasteiger partial charge in [-0.2, -0.15) is 0 Å². The van der Waals surface area contributed by atoms with Crippen LogP contribution in [0.25, 0.3) is 0 Å². The van der Waals surface area contributed by atoms with E-state index >= 15 is 0 Å². The minimum atomic E-state index is -3.30. The third-order valence-electron chi connectivity index (χ3n) is 3.37. The van der Waals surface area contributed by atoms with Crippen molar-refractivity contribution in [3.05, 3.63) is 0 Å². The topological polar surface area (TPSA) is 66.4 Å². The van der Waals surface area contributed by atoms with Gasteiger partial charge in [0.25, 0.3) is 0 Å². The number of hydrogen-bond acceptors (Lipinski definition) is 3. The van der Waals surface area contributed by atoms with Crippen LogP contribution in [0.15, 0.2) is 0 Å². The molecule has 0 saturated heterocycles. The van der Waals surface area contributed by atoms with Crippen molar-refractivity contribution in [1.82, 2.24) is 4.72 Å². The second kappa shape index (κ2) is 5.98. The highest BCUT2D eigenvalue weighted by Gasteiger charge is 2.30. The lowest BCUT2D eigenvalue weighted by Crippen LogP contribution is -2.45. The molecule has 2 unspecified atom stereocenters. The van der Waals surface area contributed by atoms with Gasteiger partial charge in [-0.15, -0.1) is 0 Å². The predicted octanol–water partition coefficient (Wildman–Crippen LogP) is 1.11. The summed E-state index contributed by atoms with van der Waals surface area (Å²) in [5.41, 5.74) is 0. The highest BCUT2D eigenvalue weighted by atomic mass is 32.2. The Hall–Kier alpha value is -0.130. The monoisotopic (exact) mass is 249 g/mol. The fraction of sp³-hybridized carbons (Fsp3) is 1.00. The van der Waals surface area contributed by atoms with Crippen molar-refractivity contribution in [2.24, 2.45) is 11.8 Å². The molecule has 2 atom stereocenters. The zero-order chi connectivity index (χ0) is 12.2. The van der Waals surface area contributed by atoms with Gasteiger partial charge >= 0.3 is 0 Å². The summed E-state index contributed by atoms with van der Waals surface area (Å²) in [6, 6.07) is 0.0605. The van der Waals surface area contributed by atoms with E-state index in [9.17, 15) is 8.42 Å². The van der Waals surface area contributed by atoms with E-state index in [0.717, 1.165) is 19.3 Å². The average Bonchev–Trinajstić information content (AvgIpc) is 2.17. The van der Waals surface area contributed by atoms with Crippen LogP contribution in [0.1, 0.15) is 39.5 Å². The minimum absolute atomic E-state index is 0.0605. The van der Waals surface area contributed by atoms with Gasteiger partial charge in [0.05, 0.1) is 12.4 Å². The number of aliphatic hydroxyl groups is 1. The van der Waals surface area contributed by atoms with E-state index in [0.29, 0.717) is 11.8 Å². The molecule has 1 aliphatic rings. The van der Waals surface area contributed by atoms with Gasteiger partial charge in [-0.3, -0.25) is 0 Å². The Morgan fingerprint density at radius 2 is 1.94 bits per heavy atom. The van der Waals surface area contributed by atoms with E-state index in [4.69, 9.17) is 5.11 Å². The van der Waals surface area contributed by atoms with Crippen molar-refractivity contribution in [1.29, 1.82) is 0 Å². The van der Waals surface area contributed by atoms with Crippen molar-refractivity contribution >= 4 is 10.0 Å². The van der Waals surface area contributed by atoms with Gasteiger partial charge in [0, 0.05) is 6.04 Å². The molecular weight excluding hydrogens is 226 g/mol. The van der Waals surface area contributed by atoms with Gasteiger partial charge in [-0.25, -0.2) is 13.1 Å². The van der Waals surface area contributed by atoms with E-state index < -0.39 is 10.0 Å². The number of aliphatic hydroxyl groups excluding tert-OH is 1. The second-order valence-corrected chi connectivity index (χ2v) is 6.83. The summed E-state index contributed by atoms with van der Waals surface area (Å²) in [6.45, 7) is 3.97. The molecule has 0 amide bonds. The lowest BCUT2D eigenvalue weighted by molar-refractivity contribution is 0.226. The molecule has 1 rings (SSSR count). The molecule has 0 radical (unpaired) electrons. The molecule has 1 fully saturated rings. The Bertz CT molecular complexity index is 300. The number of hydrogen-bond donors (Lipinski definition) is 2. The molecule has 0 spiro atoms. The largest absolute Gasteiger partial charge is 0.395 e. The lowest BCUT2D eigenvalue weighted by atomic mass is 9.78. The van der Waals surface area contributed by atoms with Crippen LogP contribution in [0, 0.1) is 11.8 Å². The second-order valence-electron chi connectivity index (χ2n) is 4.96. The molecule has 0 aromatic rings. The third kappa shape index (κ3) is 4.03. The van der Waals surface area contributed by atoms with Crippen LogP contribution < -0.4 is 4.72 Å². The molecule has 0 aliphatic heterocycles. The molecule has 2 N–H and O–H groups in total. The van der Waals surface area contributed by atoms with Crippen molar-refractivity contribution < 1.29 is 13.5 Å². The van der Waals surface area contributed by atoms with Crippen LogP contribution in [0.3, 0.4) is 0 Å². The maximum atomic E-state index is 11.6. The summed E-state index contributed by atoms with van der Waals surface area (Å²) in [6.07, 6.45) is 4.31. The number of rotatable bonds is 5. The Morgan fingerprint density at radius 3 is 2.50 bits per heavy atom. The van der Waals surface area contributed by atoms with E-state index in [1.807, 2.05) is 0 Å². The van der Waals surface area contributed by atoms with Crippen molar-refractivity contribution in [2.75, 3.05) is 12.4 Å². The maximum Gasteiger partial charge on any atom is 0.214 e. The molecule has 5 heteroatoms. The molecule has 0 heterocycles. The highest BCUT2D eigenvalue weighted by molar-refractivity contribution is 7.89. The summed E-state index contributed by atoms with van der Waals surface area (Å²) < 4.78 is 25.9. The van der Waals surface area contributed by atoms with Gasteiger partial charge in [0.15, 0.2) is 0 Å². The molecular formula is C11H23NO3S. The summed E-state index contributed by atoms with van der Waals surface area (Å²) in [5, 5.41) is 8.69. The minimum Gasteiger partial charge on any atom is -0.395 e. The zero-order valence-corrected chi connectivity index (χ0v) is 11.0. The Kier molecular flexibility index (Phi) is 5.21. The Morgan fingerprint density at radius 1 is 1.31 bits per heavy atom. The van der Waals surface area contributed by atoms with E-state index in [1.165, 1.54) is 6.42 Å². The van der Waals surface area contributed by atoms with Crippen molar-refractivity contribution in [3.63, 3.8) is 0 Å². The van der Waals surface area contributed by atoms with Crippen LogP contribution in [0.5, 0.6) is 0 Å². The first-order chi connectivity index (χ1) is 7.46. The molecule has 0 aromatic heterocycles. The van der Waals surface area contributed by atoms with Crippen molar-refractivity contribution in [2.45, 2.75) is 45.6 Å². The van der Waals surface area contributed by atoms with Gasteiger partial charge < -0.3 is 5.11 Å². The molecule has 16 heavy (non-hydrogen) atoms. The molecule has 0 aromatic carbocycles. The summed E-state index contributed by atoms with van der Waals surface area (Å²) >= 11 is 0. The van der Waals surface area contributed by atoms with E-state index in [1.54, 1.807) is 0 Å². The highest BCUT2D eigenvalue weighted by Crippen LogP contribution is 2.30. The fourth-order valence-electron chi connectivity index (χ4n) is 2.51. The van der Waals surface area contributed by atoms with Gasteiger partial charge in [-0.05, 0) is 24.7 Å². The Balaban J connectivity index is 2.63. The molecule has 96 valence electrons. The molecule has 0 bridgehead atoms. The molecule has 4 nitrogen and oxygen atoms in total. The quantitative estimate of drug-likeness (QED) is 0.767. The van der Waals surface area contributed by atoms with E-state index in [-0.39, 0.29) is 18.4 Å². The predicted molar refractivity (Wildman–Crippen MR) is 64.6 cm³/mol. The smallest absolute Gasteiger partial charge is 0.214 e.